The van der Waals surface area contributed by atoms with E-state index in [0.29, 0.717) is 6.04 Å². The number of piperidine rings is 1. The second-order valence-corrected chi connectivity index (χ2v) is 8.01. The fourth-order valence-electron chi connectivity index (χ4n) is 4.48. The monoisotopic (exact) mass is 383 g/mol. The molecular weight excluding hydrogens is 354 g/mol. The Morgan fingerprint density at radius 2 is 1.96 bits per heavy atom. The van der Waals surface area contributed by atoms with Crippen LogP contribution in [0.2, 0.25) is 0 Å². The van der Waals surface area contributed by atoms with E-state index in [1.54, 1.807) is 11.9 Å². The van der Waals surface area contributed by atoms with E-state index in [1.807, 2.05) is 6.07 Å². The van der Waals surface area contributed by atoms with Crippen LogP contribution in [0.3, 0.4) is 0 Å². The van der Waals surface area contributed by atoms with E-state index in [9.17, 15) is 9.59 Å². The van der Waals surface area contributed by atoms with Crippen LogP contribution in [0, 0.1) is 0 Å². The summed E-state index contributed by atoms with van der Waals surface area (Å²) in [6.07, 6.45) is 4.94. The Bertz CT molecular complexity index is 765. The lowest BCUT2D eigenvalue weighted by Gasteiger charge is -2.41. The lowest BCUT2D eigenvalue weighted by molar-refractivity contribution is -0.127. The summed E-state index contributed by atoms with van der Waals surface area (Å²) in [4.78, 5) is 35.7. The molecule has 3 aliphatic heterocycles. The second-order valence-electron chi connectivity index (χ2n) is 8.01. The van der Waals surface area contributed by atoms with Gasteiger partial charge in [-0.3, -0.25) is 10.1 Å². The van der Waals surface area contributed by atoms with Gasteiger partial charge in [-0.2, -0.15) is 0 Å². The summed E-state index contributed by atoms with van der Waals surface area (Å²) in [6.45, 7) is 3.92. The first-order chi connectivity index (χ1) is 13.6. The molecular formula is C21H29N5O2. The van der Waals surface area contributed by atoms with Crippen molar-refractivity contribution in [1.29, 1.82) is 0 Å². The Morgan fingerprint density at radius 3 is 2.71 bits per heavy atom. The Balaban J connectivity index is 1.55. The fourth-order valence-corrected chi connectivity index (χ4v) is 4.48. The maximum atomic E-state index is 12.7. The molecule has 0 aliphatic carbocycles. The molecule has 3 unspecified atom stereocenters. The zero-order valence-electron chi connectivity index (χ0n) is 16.7. The zero-order chi connectivity index (χ0) is 19.7. The standard InChI is InChI=1S/C21H29N5O2/c1-15-9-6-7-13-25(15)20-22-18-17(19(27)23-21(28)24(18)2)26(20)14-8-12-16-10-4-3-5-11-16/h3-5,10-11,15,17-18H,6-9,12-14H2,1-2H3,(H,23,27,28). The number of fused-ring (bicyclic) bond motifs is 1. The molecule has 0 bridgehead atoms. The van der Waals surface area contributed by atoms with Crippen molar-refractivity contribution in [3.63, 3.8) is 0 Å². The van der Waals surface area contributed by atoms with E-state index in [0.717, 1.165) is 44.7 Å². The Morgan fingerprint density at radius 1 is 1.18 bits per heavy atom. The number of urea groups is 1. The van der Waals surface area contributed by atoms with Crippen molar-refractivity contribution in [1.82, 2.24) is 20.0 Å². The van der Waals surface area contributed by atoms with Gasteiger partial charge in [0.25, 0.3) is 5.91 Å². The number of amides is 3. The third-order valence-electron chi connectivity index (χ3n) is 6.11. The van der Waals surface area contributed by atoms with Crippen LogP contribution in [0.4, 0.5) is 4.79 Å². The molecule has 0 spiro atoms. The molecule has 2 fully saturated rings. The summed E-state index contributed by atoms with van der Waals surface area (Å²) in [5.41, 5.74) is 1.29. The van der Waals surface area contributed by atoms with Gasteiger partial charge in [-0.05, 0) is 44.6 Å². The number of nitrogens with zero attached hydrogens (tertiary/aromatic N) is 4. The molecule has 7 nitrogen and oxygen atoms in total. The minimum absolute atomic E-state index is 0.240. The lowest BCUT2D eigenvalue weighted by atomic mass is 10.0. The number of imide groups is 1. The topological polar surface area (TPSA) is 68.2 Å². The van der Waals surface area contributed by atoms with Crippen molar-refractivity contribution in [2.45, 2.75) is 57.3 Å². The van der Waals surface area contributed by atoms with Crippen LogP contribution in [0.5, 0.6) is 0 Å². The van der Waals surface area contributed by atoms with Gasteiger partial charge < -0.3 is 14.7 Å². The van der Waals surface area contributed by atoms with Gasteiger partial charge in [0.1, 0.15) is 0 Å². The van der Waals surface area contributed by atoms with Gasteiger partial charge in [-0.1, -0.05) is 30.3 Å². The van der Waals surface area contributed by atoms with Gasteiger partial charge in [0.05, 0.1) is 0 Å². The van der Waals surface area contributed by atoms with Crippen molar-refractivity contribution in [3.05, 3.63) is 35.9 Å². The predicted molar refractivity (Wildman–Crippen MR) is 108 cm³/mol. The molecule has 4 rings (SSSR count). The molecule has 0 saturated carbocycles. The first kappa shape index (κ1) is 18.8. The number of hydrogen-bond donors (Lipinski definition) is 1. The van der Waals surface area contributed by atoms with Crippen LogP contribution in [-0.2, 0) is 11.2 Å². The highest BCUT2D eigenvalue weighted by molar-refractivity contribution is 6.03. The molecule has 150 valence electrons. The van der Waals surface area contributed by atoms with Gasteiger partial charge in [0.15, 0.2) is 18.2 Å². The molecule has 28 heavy (non-hydrogen) atoms. The highest BCUT2D eigenvalue weighted by Crippen LogP contribution is 2.29. The van der Waals surface area contributed by atoms with E-state index in [4.69, 9.17) is 4.99 Å². The average molecular weight is 383 g/mol. The Kier molecular flexibility index (Phi) is 5.24. The highest BCUT2D eigenvalue weighted by Gasteiger charge is 2.49. The van der Waals surface area contributed by atoms with Crippen molar-refractivity contribution in [2.24, 2.45) is 4.99 Å². The van der Waals surface area contributed by atoms with Crippen molar-refractivity contribution < 1.29 is 9.59 Å². The third-order valence-corrected chi connectivity index (χ3v) is 6.11. The normalized spacial score (nSPS) is 27.6. The number of benzene rings is 1. The van der Waals surface area contributed by atoms with Crippen molar-refractivity contribution >= 4 is 17.9 Å². The fraction of sp³-hybridized carbons (Fsp3) is 0.571. The number of guanidine groups is 1. The summed E-state index contributed by atoms with van der Waals surface area (Å²) >= 11 is 0. The van der Waals surface area contributed by atoms with E-state index in [1.165, 1.54) is 12.0 Å². The zero-order valence-corrected chi connectivity index (χ0v) is 16.7. The summed E-state index contributed by atoms with van der Waals surface area (Å²) in [6, 6.07) is 9.99. The molecule has 1 N–H and O–H groups in total. The minimum atomic E-state index is -0.442. The maximum Gasteiger partial charge on any atom is 0.325 e. The average Bonchev–Trinajstić information content (AvgIpc) is 3.07. The van der Waals surface area contributed by atoms with E-state index >= 15 is 0 Å². The van der Waals surface area contributed by atoms with E-state index in [-0.39, 0.29) is 11.9 Å². The molecule has 0 aromatic heterocycles. The first-order valence-electron chi connectivity index (χ1n) is 10.3. The number of hydrogen-bond acceptors (Lipinski definition) is 5. The van der Waals surface area contributed by atoms with Crippen LogP contribution in [0.1, 0.15) is 38.2 Å². The number of nitrogens with one attached hydrogen (secondary N) is 1. The van der Waals surface area contributed by atoms with Crippen LogP contribution >= 0.6 is 0 Å². The molecule has 1 aromatic carbocycles. The molecule has 0 radical (unpaired) electrons. The van der Waals surface area contributed by atoms with Gasteiger partial charge in [-0.25, -0.2) is 9.79 Å². The molecule has 1 aromatic rings. The maximum absolute atomic E-state index is 12.7. The Hall–Kier alpha value is -2.57. The Labute approximate surface area is 166 Å². The van der Waals surface area contributed by atoms with Crippen LogP contribution in [0.15, 0.2) is 35.3 Å². The summed E-state index contributed by atoms with van der Waals surface area (Å²) < 4.78 is 0. The molecule has 3 amide bonds. The number of likely N-dealkylation sites (tertiary alicyclic amines) is 1. The lowest BCUT2D eigenvalue weighted by Crippen LogP contribution is -2.64. The number of carbonyl (C=O) groups excluding carboxylic acids is 2. The second kappa shape index (κ2) is 7.81. The quantitative estimate of drug-likeness (QED) is 0.864. The van der Waals surface area contributed by atoms with Gasteiger partial charge >= 0.3 is 6.03 Å². The predicted octanol–water partition coefficient (Wildman–Crippen LogP) is 2.04. The van der Waals surface area contributed by atoms with Gasteiger partial charge in [0, 0.05) is 26.2 Å². The van der Waals surface area contributed by atoms with Gasteiger partial charge in [-0.15, -0.1) is 0 Å². The molecule has 3 aliphatic rings. The highest BCUT2D eigenvalue weighted by atomic mass is 16.2. The number of likely N-dealkylation sites (N-methyl/N-ethyl adjacent to an activating group) is 1. The molecule has 3 heterocycles. The summed E-state index contributed by atoms with van der Waals surface area (Å²) in [5.74, 6) is 0.642. The molecule has 7 heteroatoms. The summed E-state index contributed by atoms with van der Waals surface area (Å²) in [7, 11) is 1.72. The smallest absolute Gasteiger partial charge is 0.325 e. The number of aliphatic imine (C=N–C) groups is 1. The summed E-state index contributed by atoms with van der Waals surface area (Å²) in [5, 5.41) is 2.49. The first-order valence-corrected chi connectivity index (χ1v) is 10.3. The largest absolute Gasteiger partial charge is 0.340 e. The van der Waals surface area contributed by atoms with Crippen molar-refractivity contribution in [2.75, 3.05) is 20.1 Å². The van der Waals surface area contributed by atoms with Crippen LogP contribution in [-0.4, -0.2) is 71.0 Å². The number of aryl methyl sites for hydroxylation is 1. The molecule has 2 saturated heterocycles. The van der Waals surface area contributed by atoms with Crippen LogP contribution in [0.25, 0.3) is 0 Å². The van der Waals surface area contributed by atoms with Crippen LogP contribution < -0.4 is 5.32 Å². The molecule has 3 atom stereocenters. The van der Waals surface area contributed by atoms with Crippen molar-refractivity contribution in [3.8, 4) is 0 Å². The van der Waals surface area contributed by atoms with E-state index < -0.39 is 12.2 Å². The number of rotatable bonds is 4. The van der Waals surface area contributed by atoms with Gasteiger partial charge in [0.2, 0.25) is 0 Å². The SMILES string of the molecule is CC1CCCCN1C1=NC2C(C(=O)NC(=O)N2C)N1CCCc1ccccc1. The minimum Gasteiger partial charge on any atom is -0.340 e. The third kappa shape index (κ3) is 3.45. The number of carbonyl (C=O) groups is 2. The van der Waals surface area contributed by atoms with E-state index in [2.05, 4.69) is 46.3 Å².